The van der Waals surface area contributed by atoms with Gasteiger partial charge in [-0.2, -0.15) is 4.98 Å². The molecule has 0 radical (unpaired) electrons. The van der Waals surface area contributed by atoms with Gasteiger partial charge < -0.3 is 15.4 Å². The van der Waals surface area contributed by atoms with Gasteiger partial charge in [0, 0.05) is 31.3 Å². The van der Waals surface area contributed by atoms with Crippen molar-refractivity contribution in [3.05, 3.63) is 48.2 Å². The number of rotatable bonds is 9. The number of hydrogen-bond acceptors (Lipinski definition) is 5. The molecule has 1 saturated heterocycles. The van der Waals surface area contributed by atoms with Gasteiger partial charge in [0.15, 0.2) is 0 Å². The molecule has 1 aliphatic rings. The predicted octanol–water partition coefficient (Wildman–Crippen LogP) is 4.09. The van der Waals surface area contributed by atoms with E-state index in [4.69, 9.17) is 10.5 Å². The highest BCUT2D eigenvalue weighted by atomic mass is 16.5. The normalized spacial score (nSPS) is 20.0. The number of hydrogen-bond donors (Lipinski definition) is 1. The molecule has 0 amide bonds. The maximum absolute atomic E-state index is 6.05. The summed E-state index contributed by atoms with van der Waals surface area (Å²) in [7, 11) is 0. The van der Waals surface area contributed by atoms with Crippen LogP contribution in [0.25, 0.3) is 0 Å². The lowest BCUT2D eigenvalue weighted by molar-refractivity contribution is 0.0275. The molecule has 0 saturated carbocycles. The summed E-state index contributed by atoms with van der Waals surface area (Å²) >= 11 is 0. The van der Waals surface area contributed by atoms with E-state index in [2.05, 4.69) is 52.1 Å². The average Bonchev–Trinajstić information content (AvgIpc) is 2.69. The Morgan fingerprint density at radius 2 is 2.07 bits per heavy atom. The SMILES string of the molecule is CCCOCC1(CCCc2ccccc2)CCCN(c2ccnc(N)n2)C1. The van der Waals surface area contributed by atoms with Crippen molar-refractivity contribution in [3.8, 4) is 0 Å². The van der Waals surface area contributed by atoms with Gasteiger partial charge in [-0.1, -0.05) is 37.3 Å². The van der Waals surface area contributed by atoms with Crippen LogP contribution in [0.1, 0.15) is 44.6 Å². The molecule has 3 rings (SSSR count). The molecule has 0 aliphatic carbocycles. The average molecular weight is 369 g/mol. The van der Waals surface area contributed by atoms with E-state index >= 15 is 0 Å². The van der Waals surface area contributed by atoms with Gasteiger partial charge >= 0.3 is 0 Å². The van der Waals surface area contributed by atoms with Crippen LogP contribution in [-0.2, 0) is 11.2 Å². The molecule has 0 bridgehead atoms. The smallest absolute Gasteiger partial charge is 0.221 e. The Hall–Kier alpha value is -2.14. The van der Waals surface area contributed by atoms with E-state index in [-0.39, 0.29) is 5.41 Å². The molecule has 1 unspecified atom stereocenters. The highest BCUT2D eigenvalue weighted by Crippen LogP contribution is 2.37. The van der Waals surface area contributed by atoms with Gasteiger partial charge in [-0.05, 0) is 50.2 Å². The lowest BCUT2D eigenvalue weighted by Crippen LogP contribution is -2.46. The minimum atomic E-state index is 0.182. The van der Waals surface area contributed by atoms with Gasteiger partial charge in [0.25, 0.3) is 0 Å². The standard InChI is InChI=1S/C22H32N4O/c1-2-16-27-18-22(12-6-10-19-8-4-3-5-9-19)13-7-15-26(17-22)20-11-14-24-21(23)25-20/h3-5,8-9,11,14H,2,6-7,10,12-13,15-18H2,1H3,(H2,23,24,25). The molecule has 1 aliphatic heterocycles. The van der Waals surface area contributed by atoms with Crippen molar-refractivity contribution >= 4 is 11.8 Å². The molecule has 0 spiro atoms. The summed E-state index contributed by atoms with van der Waals surface area (Å²) < 4.78 is 6.05. The number of nitrogens with two attached hydrogens (primary N) is 1. The third-order valence-electron chi connectivity index (χ3n) is 5.42. The van der Waals surface area contributed by atoms with E-state index in [1.807, 2.05) is 6.07 Å². The van der Waals surface area contributed by atoms with Crippen LogP contribution in [0.15, 0.2) is 42.6 Å². The summed E-state index contributed by atoms with van der Waals surface area (Å²) in [6.07, 6.45) is 8.65. The Morgan fingerprint density at radius 1 is 1.22 bits per heavy atom. The maximum Gasteiger partial charge on any atom is 0.221 e. The number of aromatic nitrogens is 2. The maximum atomic E-state index is 6.05. The molecular formula is C22H32N4O. The third-order valence-corrected chi connectivity index (χ3v) is 5.42. The van der Waals surface area contributed by atoms with Crippen LogP contribution >= 0.6 is 0 Å². The topological polar surface area (TPSA) is 64.3 Å². The van der Waals surface area contributed by atoms with Crippen molar-refractivity contribution in [3.63, 3.8) is 0 Å². The molecule has 1 aromatic heterocycles. The Kier molecular flexibility index (Phi) is 7.04. The summed E-state index contributed by atoms with van der Waals surface area (Å²) in [5.74, 6) is 1.28. The van der Waals surface area contributed by atoms with Crippen LogP contribution in [0.3, 0.4) is 0 Å². The molecule has 5 nitrogen and oxygen atoms in total. The van der Waals surface area contributed by atoms with Crippen molar-refractivity contribution in [2.45, 2.75) is 45.4 Å². The van der Waals surface area contributed by atoms with E-state index in [0.717, 1.165) is 51.4 Å². The third kappa shape index (κ3) is 5.67. The summed E-state index contributed by atoms with van der Waals surface area (Å²) in [4.78, 5) is 10.8. The van der Waals surface area contributed by atoms with E-state index < -0.39 is 0 Å². The number of ether oxygens (including phenoxy) is 1. The van der Waals surface area contributed by atoms with Crippen molar-refractivity contribution in [2.75, 3.05) is 36.9 Å². The number of piperidine rings is 1. The minimum absolute atomic E-state index is 0.182. The summed E-state index contributed by atoms with van der Waals surface area (Å²) in [6, 6.07) is 12.7. The first-order valence-corrected chi connectivity index (χ1v) is 10.2. The van der Waals surface area contributed by atoms with E-state index in [9.17, 15) is 0 Å². The fraction of sp³-hybridized carbons (Fsp3) is 0.545. The fourth-order valence-corrected chi connectivity index (χ4v) is 4.08. The Balaban J connectivity index is 1.67. The lowest BCUT2D eigenvalue weighted by atomic mass is 9.76. The first kappa shape index (κ1) is 19.6. The van der Waals surface area contributed by atoms with Crippen LogP contribution in [0.5, 0.6) is 0 Å². The number of nitrogen functional groups attached to an aromatic ring is 1. The van der Waals surface area contributed by atoms with Crippen LogP contribution in [0.4, 0.5) is 11.8 Å². The second-order valence-corrected chi connectivity index (χ2v) is 7.69. The molecule has 2 aromatic rings. The quantitative estimate of drug-likeness (QED) is 0.675. The fourth-order valence-electron chi connectivity index (χ4n) is 4.08. The van der Waals surface area contributed by atoms with E-state index in [1.165, 1.54) is 24.8 Å². The van der Waals surface area contributed by atoms with Gasteiger partial charge in [-0.15, -0.1) is 0 Å². The minimum Gasteiger partial charge on any atom is -0.381 e. The lowest BCUT2D eigenvalue weighted by Gasteiger charge is -2.43. The predicted molar refractivity (Wildman–Crippen MR) is 111 cm³/mol. The highest BCUT2D eigenvalue weighted by Gasteiger charge is 2.36. The molecule has 27 heavy (non-hydrogen) atoms. The van der Waals surface area contributed by atoms with Gasteiger partial charge in [0.05, 0.1) is 6.61 Å². The van der Waals surface area contributed by atoms with Crippen LogP contribution < -0.4 is 10.6 Å². The first-order valence-electron chi connectivity index (χ1n) is 10.2. The van der Waals surface area contributed by atoms with Crippen molar-refractivity contribution < 1.29 is 4.74 Å². The van der Waals surface area contributed by atoms with Crippen LogP contribution in [-0.4, -0.2) is 36.3 Å². The van der Waals surface area contributed by atoms with Crippen molar-refractivity contribution in [1.29, 1.82) is 0 Å². The van der Waals surface area contributed by atoms with E-state index in [1.54, 1.807) is 6.20 Å². The molecule has 1 atom stereocenters. The molecule has 5 heteroatoms. The Morgan fingerprint density at radius 3 is 2.85 bits per heavy atom. The second-order valence-electron chi connectivity index (χ2n) is 7.69. The molecule has 2 N–H and O–H groups in total. The van der Waals surface area contributed by atoms with Crippen molar-refractivity contribution in [1.82, 2.24) is 9.97 Å². The number of aryl methyl sites for hydroxylation is 1. The molecular weight excluding hydrogens is 336 g/mol. The zero-order valence-corrected chi connectivity index (χ0v) is 16.4. The zero-order valence-electron chi connectivity index (χ0n) is 16.4. The summed E-state index contributed by atoms with van der Waals surface area (Å²) in [6.45, 7) is 5.82. The Bertz CT molecular complexity index is 694. The molecule has 1 aromatic carbocycles. The van der Waals surface area contributed by atoms with Gasteiger partial charge in [-0.3, -0.25) is 0 Å². The van der Waals surface area contributed by atoms with Crippen LogP contribution in [0, 0.1) is 5.41 Å². The number of anilines is 2. The van der Waals surface area contributed by atoms with Gasteiger partial charge in [0.1, 0.15) is 5.82 Å². The first-order chi connectivity index (χ1) is 13.2. The number of nitrogens with zero attached hydrogens (tertiary/aromatic N) is 3. The highest BCUT2D eigenvalue weighted by molar-refractivity contribution is 5.41. The summed E-state index contributed by atoms with van der Waals surface area (Å²) in [5, 5.41) is 0. The van der Waals surface area contributed by atoms with Gasteiger partial charge in [-0.25, -0.2) is 4.98 Å². The zero-order chi connectivity index (χ0) is 19.0. The Labute approximate surface area is 163 Å². The molecule has 1 fully saturated rings. The largest absolute Gasteiger partial charge is 0.381 e. The van der Waals surface area contributed by atoms with Crippen molar-refractivity contribution in [2.24, 2.45) is 5.41 Å². The van der Waals surface area contributed by atoms with Gasteiger partial charge in [0.2, 0.25) is 5.95 Å². The van der Waals surface area contributed by atoms with Crippen LogP contribution in [0.2, 0.25) is 0 Å². The van der Waals surface area contributed by atoms with E-state index in [0.29, 0.717) is 5.95 Å². The summed E-state index contributed by atoms with van der Waals surface area (Å²) in [5.41, 5.74) is 7.40. The molecule has 2 heterocycles. The monoisotopic (exact) mass is 368 g/mol. The second kappa shape index (κ2) is 9.70. The molecule has 146 valence electrons. The number of benzene rings is 1.